The highest BCUT2D eigenvalue weighted by atomic mass is 32.2. The second-order valence-corrected chi connectivity index (χ2v) is 6.60. The Labute approximate surface area is 130 Å². The Morgan fingerprint density at radius 3 is 2.32 bits per heavy atom. The minimum Gasteiger partial charge on any atom is -0.324 e. The second kappa shape index (κ2) is 7.62. The largest absolute Gasteiger partial charge is 0.393 e. The molecular formula is C14H19F3N2O2S. The van der Waals surface area contributed by atoms with Crippen LogP contribution in [0.15, 0.2) is 24.3 Å². The standard InChI is InChI=1S/C14H19F3N2O2S/c1-10(9-22(3)21)19(2)13(20)18-12-6-4-11(5-7-12)8-14(15,16)17/h4-7,10H,8-9H2,1-3H3,(H,18,20). The molecule has 0 aliphatic rings. The third-order valence-electron chi connectivity index (χ3n) is 3.07. The lowest BCUT2D eigenvalue weighted by molar-refractivity contribution is -0.127. The number of amides is 2. The molecule has 0 bridgehead atoms. The van der Waals surface area contributed by atoms with Gasteiger partial charge >= 0.3 is 12.2 Å². The van der Waals surface area contributed by atoms with Crippen LogP contribution in [-0.2, 0) is 17.2 Å². The maximum Gasteiger partial charge on any atom is 0.393 e. The van der Waals surface area contributed by atoms with Gasteiger partial charge in [-0.1, -0.05) is 12.1 Å². The number of alkyl halides is 3. The van der Waals surface area contributed by atoms with Crippen molar-refractivity contribution in [1.82, 2.24) is 4.90 Å². The Morgan fingerprint density at radius 2 is 1.86 bits per heavy atom. The van der Waals surface area contributed by atoms with Gasteiger partial charge in [-0.25, -0.2) is 4.79 Å². The fraction of sp³-hybridized carbons (Fsp3) is 0.500. The highest BCUT2D eigenvalue weighted by Gasteiger charge is 2.27. The van der Waals surface area contributed by atoms with Gasteiger partial charge in [0.15, 0.2) is 0 Å². The number of carbonyl (C=O) groups is 1. The molecule has 0 spiro atoms. The number of anilines is 1. The lowest BCUT2D eigenvalue weighted by atomic mass is 10.1. The molecule has 8 heteroatoms. The van der Waals surface area contributed by atoms with E-state index in [0.717, 1.165) is 0 Å². The van der Waals surface area contributed by atoms with E-state index in [2.05, 4.69) is 5.32 Å². The summed E-state index contributed by atoms with van der Waals surface area (Å²) in [5, 5.41) is 2.59. The number of hydrogen-bond acceptors (Lipinski definition) is 2. The molecule has 0 saturated carbocycles. The van der Waals surface area contributed by atoms with Gasteiger partial charge in [-0.2, -0.15) is 13.2 Å². The summed E-state index contributed by atoms with van der Waals surface area (Å²) in [4.78, 5) is 13.4. The zero-order valence-electron chi connectivity index (χ0n) is 12.6. The number of hydrogen-bond donors (Lipinski definition) is 1. The van der Waals surface area contributed by atoms with Crippen LogP contribution in [0, 0.1) is 0 Å². The van der Waals surface area contributed by atoms with Crippen LogP contribution < -0.4 is 5.32 Å². The topological polar surface area (TPSA) is 49.4 Å². The lowest BCUT2D eigenvalue weighted by Gasteiger charge is -2.24. The monoisotopic (exact) mass is 336 g/mol. The number of rotatable bonds is 5. The van der Waals surface area contributed by atoms with Gasteiger partial charge in [0.25, 0.3) is 0 Å². The number of urea groups is 1. The minimum absolute atomic E-state index is 0.133. The molecule has 0 radical (unpaired) electrons. The number of carbonyl (C=O) groups excluding carboxylic acids is 1. The van der Waals surface area contributed by atoms with Crippen molar-refractivity contribution in [3.63, 3.8) is 0 Å². The van der Waals surface area contributed by atoms with Crippen LogP contribution in [0.4, 0.5) is 23.7 Å². The van der Waals surface area contributed by atoms with Gasteiger partial charge in [-0.15, -0.1) is 0 Å². The van der Waals surface area contributed by atoms with Crippen molar-refractivity contribution in [2.45, 2.75) is 25.6 Å². The summed E-state index contributed by atoms with van der Waals surface area (Å²) < 4.78 is 47.9. The van der Waals surface area contributed by atoms with Gasteiger partial charge in [-0.05, 0) is 24.6 Å². The first-order chi connectivity index (χ1) is 10.1. The molecule has 0 aliphatic heterocycles. The van der Waals surface area contributed by atoms with Crippen LogP contribution in [0.2, 0.25) is 0 Å². The summed E-state index contributed by atoms with van der Waals surface area (Å²) in [7, 11) is 0.554. The normalized spacial score (nSPS) is 14.3. The SMILES string of the molecule is CC(CS(C)=O)N(C)C(=O)Nc1ccc(CC(F)(F)F)cc1. The molecule has 1 aromatic rings. The van der Waals surface area contributed by atoms with E-state index < -0.39 is 29.4 Å². The van der Waals surface area contributed by atoms with Crippen molar-refractivity contribution in [1.29, 1.82) is 0 Å². The third kappa shape index (κ3) is 6.46. The molecule has 1 aromatic carbocycles. The average molecular weight is 336 g/mol. The fourth-order valence-corrected chi connectivity index (χ4v) is 2.70. The van der Waals surface area contributed by atoms with Crippen molar-refractivity contribution in [3.8, 4) is 0 Å². The van der Waals surface area contributed by atoms with Crippen LogP contribution in [0.5, 0.6) is 0 Å². The van der Waals surface area contributed by atoms with E-state index in [1.807, 2.05) is 0 Å². The van der Waals surface area contributed by atoms with Crippen molar-refractivity contribution in [2.24, 2.45) is 0 Å². The molecule has 22 heavy (non-hydrogen) atoms. The quantitative estimate of drug-likeness (QED) is 0.898. The van der Waals surface area contributed by atoms with Crippen LogP contribution >= 0.6 is 0 Å². The van der Waals surface area contributed by atoms with E-state index in [0.29, 0.717) is 11.4 Å². The smallest absolute Gasteiger partial charge is 0.324 e. The van der Waals surface area contributed by atoms with Crippen molar-refractivity contribution in [2.75, 3.05) is 24.4 Å². The Bertz CT molecular complexity index is 532. The van der Waals surface area contributed by atoms with Crippen LogP contribution in [0.3, 0.4) is 0 Å². The number of benzene rings is 1. The summed E-state index contributed by atoms with van der Waals surface area (Å²) >= 11 is 0. The number of halogens is 3. The lowest BCUT2D eigenvalue weighted by Crippen LogP contribution is -2.40. The molecule has 2 amide bonds. The molecule has 2 atom stereocenters. The Hall–Kier alpha value is -1.57. The maximum absolute atomic E-state index is 12.2. The molecule has 0 aromatic heterocycles. The van der Waals surface area contributed by atoms with E-state index in [1.54, 1.807) is 20.2 Å². The zero-order valence-corrected chi connectivity index (χ0v) is 13.4. The maximum atomic E-state index is 12.2. The molecule has 0 aliphatic carbocycles. The molecule has 0 saturated heterocycles. The van der Waals surface area contributed by atoms with Crippen molar-refractivity contribution in [3.05, 3.63) is 29.8 Å². The third-order valence-corrected chi connectivity index (χ3v) is 4.02. The van der Waals surface area contributed by atoms with Crippen LogP contribution in [0.1, 0.15) is 12.5 Å². The zero-order chi connectivity index (χ0) is 16.9. The van der Waals surface area contributed by atoms with Crippen molar-refractivity contribution < 1.29 is 22.2 Å². The first-order valence-electron chi connectivity index (χ1n) is 6.58. The van der Waals surface area contributed by atoms with Gasteiger partial charge in [0.05, 0.1) is 6.42 Å². The summed E-state index contributed by atoms with van der Waals surface area (Å²) in [6.45, 7) is 1.77. The molecule has 0 heterocycles. The average Bonchev–Trinajstić information content (AvgIpc) is 2.37. The van der Waals surface area contributed by atoms with Crippen molar-refractivity contribution >= 4 is 22.5 Å². The Balaban J connectivity index is 2.63. The molecule has 1 rings (SSSR count). The number of nitrogens with one attached hydrogen (secondary N) is 1. The van der Waals surface area contributed by atoms with Gasteiger partial charge in [0, 0.05) is 41.6 Å². The molecule has 0 fully saturated rings. The van der Waals surface area contributed by atoms with E-state index in [4.69, 9.17) is 0 Å². The Morgan fingerprint density at radius 1 is 1.32 bits per heavy atom. The first kappa shape index (κ1) is 18.5. The fourth-order valence-electron chi connectivity index (χ4n) is 1.80. The predicted molar refractivity (Wildman–Crippen MR) is 81.4 cm³/mol. The molecular weight excluding hydrogens is 317 g/mol. The molecule has 124 valence electrons. The van der Waals surface area contributed by atoms with Gasteiger partial charge in [0.2, 0.25) is 0 Å². The molecule has 2 unspecified atom stereocenters. The predicted octanol–water partition coefficient (Wildman–Crippen LogP) is 3.02. The highest BCUT2D eigenvalue weighted by Crippen LogP contribution is 2.22. The van der Waals surface area contributed by atoms with E-state index in [-0.39, 0.29) is 11.6 Å². The van der Waals surface area contributed by atoms with E-state index >= 15 is 0 Å². The van der Waals surface area contributed by atoms with Gasteiger partial charge < -0.3 is 10.2 Å². The Kier molecular flexibility index (Phi) is 6.40. The van der Waals surface area contributed by atoms with Gasteiger partial charge in [0.1, 0.15) is 0 Å². The van der Waals surface area contributed by atoms with E-state index in [9.17, 15) is 22.2 Å². The molecule has 1 N–H and O–H groups in total. The molecule has 4 nitrogen and oxygen atoms in total. The number of nitrogens with zero attached hydrogens (tertiary/aromatic N) is 1. The van der Waals surface area contributed by atoms with Crippen LogP contribution in [0.25, 0.3) is 0 Å². The van der Waals surface area contributed by atoms with Crippen LogP contribution in [-0.4, -0.2) is 46.4 Å². The highest BCUT2D eigenvalue weighted by molar-refractivity contribution is 7.84. The second-order valence-electron chi connectivity index (χ2n) is 5.12. The minimum atomic E-state index is -4.25. The van der Waals surface area contributed by atoms with Gasteiger partial charge in [-0.3, -0.25) is 4.21 Å². The van der Waals surface area contributed by atoms with E-state index in [1.165, 1.54) is 29.2 Å². The summed E-state index contributed by atoms with van der Waals surface area (Å²) in [6.07, 6.45) is -3.70. The first-order valence-corrected chi connectivity index (χ1v) is 8.30. The summed E-state index contributed by atoms with van der Waals surface area (Å²) in [6, 6.07) is 4.89. The summed E-state index contributed by atoms with van der Waals surface area (Å²) in [5.41, 5.74) is 0.543. The summed E-state index contributed by atoms with van der Waals surface area (Å²) in [5.74, 6) is 0.356.